The zero-order valence-corrected chi connectivity index (χ0v) is 11.2. The minimum Gasteiger partial charge on any atom is -0.508 e. The Bertz CT molecular complexity index is 593. The van der Waals surface area contributed by atoms with Crippen molar-refractivity contribution in [2.75, 3.05) is 5.32 Å². The highest BCUT2D eigenvalue weighted by Gasteiger charge is 2.12. The highest BCUT2D eigenvalue weighted by Crippen LogP contribution is 2.20. The van der Waals surface area contributed by atoms with Gasteiger partial charge in [0, 0.05) is 17.8 Å². The lowest BCUT2D eigenvalue weighted by atomic mass is 10.0. The molecule has 0 saturated carbocycles. The summed E-state index contributed by atoms with van der Waals surface area (Å²) in [6.45, 7) is 2.17. The summed E-state index contributed by atoms with van der Waals surface area (Å²) in [5, 5.41) is 21.8. The smallest absolute Gasteiger partial charge is 0.310 e. The van der Waals surface area contributed by atoms with Crippen LogP contribution in [0.4, 0.5) is 5.69 Å². The van der Waals surface area contributed by atoms with Crippen molar-refractivity contribution in [3.05, 3.63) is 59.7 Å². The van der Waals surface area contributed by atoms with Gasteiger partial charge < -0.3 is 15.5 Å². The average Bonchev–Trinajstić information content (AvgIpc) is 2.46. The Morgan fingerprint density at radius 3 is 2.40 bits per heavy atom. The molecule has 20 heavy (non-hydrogen) atoms. The average molecular weight is 271 g/mol. The molecule has 0 heterocycles. The molecule has 0 aliphatic rings. The molecule has 2 aromatic carbocycles. The van der Waals surface area contributed by atoms with E-state index < -0.39 is 11.9 Å². The highest BCUT2D eigenvalue weighted by molar-refractivity contribution is 5.75. The Morgan fingerprint density at radius 2 is 1.80 bits per heavy atom. The second kappa shape index (κ2) is 6.10. The van der Waals surface area contributed by atoms with Crippen LogP contribution in [0, 0.1) is 0 Å². The molecule has 4 nitrogen and oxygen atoms in total. The summed E-state index contributed by atoms with van der Waals surface area (Å²) in [4.78, 5) is 10.9. The van der Waals surface area contributed by atoms with Crippen LogP contribution in [0.3, 0.4) is 0 Å². The largest absolute Gasteiger partial charge is 0.508 e. The van der Waals surface area contributed by atoms with Gasteiger partial charge >= 0.3 is 5.97 Å². The van der Waals surface area contributed by atoms with Crippen LogP contribution in [0.1, 0.15) is 24.0 Å². The van der Waals surface area contributed by atoms with Gasteiger partial charge in [-0.15, -0.1) is 0 Å². The maximum absolute atomic E-state index is 10.9. The van der Waals surface area contributed by atoms with Gasteiger partial charge in [-0.05, 0) is 30.7 Å². The van der Waals surface area contributed by atoms with Crippen molar-refractivity contribution in [1.82, 2.24) is 0 Å². The lowest BCUT2D eigenvalue weighted by molar-refractivity contribution is -0.138. The van der Waals surface area contributed by atoms with Gasteiger partial charge in [-0.25, -0.2) is 0 Å². The molecule has 3 N–H and O–H groups in total. The third-order valence-electron chi connectivity index (χ3n) is 3.26. The van der Waals surface area contributed by atoms with Crippen molar-refractivity contribution < 1.29 is 15.0 Å². The number of phenolic OH excluding ortho intramolecular Hbond substituents is 1. The van der Waals surface area contributed by atoms with E-state index in [1.54, 1.807) is 31.2 Å². The normalized spacial score (nSPS) is 11.8. The minimum atomic E-state index is -0.833. The van der Waals surface area contributed by atoms with Crippen LogP contribution in [0.5, 0.6) is 5.75 Å². The number of nitrogens with one attached hydrogen (secondary N) is 1. The monoisotopic (exact) mass is 271 g/mol. The van der Waals surface area contributed by atoms with Crippen molar-refractivity contribution in [1.29, 1.82) is 0 Å². The van der Waals surface area contributed by atoms with Gasteiger partial charge in [-0.1, -0.05) is 30.3 Å². The summed E-state index contributed by atoms with van der Waals surface area (Å²) in [5.41, 5.74) is 2.47. The summed E-state index contributed by atoms with van der Waals surface area (Å²) < 4.78 is 0. The fourth-order valence-corrected chi connectivity index (χ4v) is 1.89. The predicted molar refractivity (Wildman–Crippen MR) is 77.9 cm³/mol. The van der Waals surface area contributed by atoms with Crippen molar-refractivity contribution >= 4 is 11.7 Å². The number of phenols is 1. The van der Waals surface area contributed by atoms with E-state index in [1.165, 1.54) is 0 Å². The molecule has 0 saturated heterocycles. The van der Waals surface area contributed by atoms with Crippen molar-refractivity contribution in [2.24, 2.45) is 0 Å². The number of rotatable bonds is 5. The van der Waals surface area contributed by atoms with Gasteiger partial charge in [-0.2, -0.15) is 0 Å². The topological polar surface area (TPSA) is 69.6 Å². The lowest BCUT2D eigenvalue weighted by Gasteiger charge is -2.10. The first kappa shape index (κ1) is 13.9. The van der Waals surface area contributed by atoms with Crippen LogP contribution in [0.2, 0.25) is 0 Å². The fourth-order valence-electron chi connectivity index (χ4n) is 1.89. The summed E-state index contributed by atoms with van der Waals surface area (Å²) in [6.07, 6.45) is 0. The molecule has 0 radical (unpaired) electrons. The summed E-state index contributed by atoms with van der Waals surface area (Å²) >= 11 is 0. The number of aromatic hydroxyl groups is 1. The number of carbonyl (C=O) groups is 1. The van der Waals surface area contributed by atoms with Crippen LogP contribution < -0.4 is 5.32 Å². The summed E-state index contributed by atoms with van der Waals surface area (Å²) in [6, 6.07) is 14.4. The standard InChI is InChI=1S/C16H17NO3/c1-11(16(19)20)12-6-8-14(9-7-12)17-10-13-4-2-3-5-15(13)18/h2-9,11,17-18H,10H2,1H3,(H,19,20). The molecule has 104 valence electrons. The molecule has 2 rings (SSSR count). The van der Waals surface area contributed by atoms with Crippen LogP contribution in [0.25, 0.3) is 0 Å². The number of para-hydroxylation sites is 1. The number of benzene rings is 2. The van der Waals surface area contributed by atoms with E-state index in [-0.39, 0.29) is 5.75 Å². The first-order valence-corrected chi connectivity index (χ1v) is 6.41. The maximum atomic E-state index is 10.9. The van der Waals surface area contributed by atoms with Crippen molar-refractivity contribution in [2.45, 2.75) is 19.4 Å². The highest BCUT2D eigenvalue weighted by atomic mass is 16.4. The number of anilines is 1. The number of carboxylic acids is 1. The molecule has 1 atom stereocenters. The van der Waals surface area contributed by atoms with Crippen LogP contribution in [0.15, 0.2) is 48.5 Å². The van der Waals surface area contributed by atoms with Gasteiger partial charge in [0.2, 0.25) is 0 Å². The number of hydrogen-bond acceptors (Lipinski definition) is 3. The van der Waals surface area contributed by atoms with Crippen LogP contribution >= 0.6 is 0 Å². The zero-order chi connectivity index (χ0) is 14.5. The second-order valence-electron chi connectivity index (χ2n) is 4.66. The Kier molecular flexibility index (Phi) is 4.25. The lowest BCUT2D eigenvalue weighted by Crippen LogP contribution is -2.07. The third-order valence-corrected chi connectivity index (χ3v) is 3.26. The minimum absolute atomic E-state index is 0.260. The van der Waals surface area contributed by atoms with Gasteiger partial charge in [0.1, 0.15) is 5.75 Å². The number of hydrogen-bond donors (Lipinski definition) is 3. The molecule has 0 aromatic heterocycles. The summed E-state index contributed by atoms with van der Waals surface area (Å²) in [5.74, 6) is -1.08. The van der Waals surface area contributed by atoms with E-state index in [1.807, 2.05) is 24.3 Å². The van der Waals surface area contributed by atoms with Gasteiger partial charge in [0.05, 0.1) is 5.92 Å². The van der Waals surface area contributed by atoms with Crippen molar-refractivity contribution in [3.63, 3.8) is 0 Å². The number of carboxylic acid groups (broad SMARTS) is 1. The molecule has 4 heteroatoms. The molecule has 0 fully saturated rings. The molecule has 0 amide bonds. The fraction of sp³-hybridized carbons (Fsp3) is 0.188. The Hall–Kier alpha value is -2.49. The van der Waals surface area contributed by atoms with E-state index in [0.29, 0.717) is 6.54 Å². The maximum Gasteiger partial charge on any atom is 0.310 e. The van der Waals surface area contributed by atoms with Crippen molar-refractivity contribution in [3.8, 4) is 5.75 Å². The quantitative estimate of drug-likeness (QED) is 0.781. The molecule has 0 aliphatic heterocycles. The van der Waals surface area contributed by atoms with Gasteiger partial charge in [-0.3, -0.25) is 4.79 Å². The molecular formula is C16H17NO3. The van der Waals surface area contributed by atoms with Gasteiger partial charge in [0.25, 0.3) is 0 Å². The third kappa shape index (κ3) is 3.29. The Morgan fingerprint density at radius 1 is 1.15 bits per heavy atom. The van der Waals surface area contributed by atoms with Crippen LogP contribution in [-0.4, -0.2) is 16.2 Å². The zero-order valence-electron chi connectivity index (χ0n) is 11.2. The van der Waals surface area contributed by atoms with E-state index in [0.717, 1.165) is 16.8 Å². The first-order chi connectivity index (χ1) is 9.58. The molecule has 0 aliphatic carbocycles. The molecular weight excluding hydrogens is 254 g/mol. The van der Waals surface area contributed by atoms with E-state index in [9.17, 15) is 9.90 Å². The van der Waals surface area contributed by atoms with E-state index in [2.05, 4.69) is 5.32 Å². The van der Waals surface area contributed by atoms with E-state index >= 15 is 0 Å². The number of aliphatic carboxylic acids is 1. The molecule has 1 unspecified atom stereocenters. The SMILES string of the molecule is CC(C(=O)O)c1ccc(NCc2ccccc2O)cc1. The Balaban J connectivity index is 2.01. The second-order valence-corrected chi connectivity index (χ2v) is 4.66. The predicted octanol–water partition coefficient (Wildman–Crippen LogP) is 3.19. The van der Waals surface area contributed by atoms with E-state index in [4.69, 9.17) is 5.11 Å². The molecule has 2 aromatic rings. The summed E-state index contributed by atoms with van der Waals surface area (Å²) in [7, 11) is 0. The first-order valence-electron chi connectivity index (χ1n) is 6.41. The molecule has 0 bridgehead atoms. The van der Waals surface area contributed by atoms with Gasteiger partial charge in [0.15, 0.2) is 0 Å². The molecule has 0 spiro atoms. The Labute approximate surface area is 117 Å². The van der Waals surface area contributed by atoms with Crippen LogP contribution in [-0.2, 0) is 11.3 Å².